The van der Waals surface area contributed by atoms with Gasteiger partial charge in [-0.05, 0) is 33.6 Å². The molecule has 0 bridgehead atoms. The van der Waals surface area contributed by atoms with Crippen LogP contribution in [0.15, 0.2) is 0 Å². The van der Waals surface area contributed by atoms with Gasteiger partial charge in [0.05, 0.1) is 11.0 Å². The van der Waals surface area contributed by atoms with Crippen molar-refractivity contribution in [2.24, 2.45) is 0 Å². The number of alkyl halides is 1. The Morgan fingerprint density at radius 1 is 1.53 bits per heavy atom. The van der Waals surface area contributed by atoms with Gasteiger partial charge in [0.25, 0.3) is 0 Å². The number of amides is 1. The zero-order valence-corrected chi connectivity index (χ0v) is 10.5. The van der Waals surface area contributed by atoms with Gasteiger partial charge in [-0.25, -0.2) is 0 Å². The first kappa shape index (κ1) is 12.8. The Morgan fingerprint density at radius 3 is 2.73 bits per heavy atom. The van der Waals surface area contributed by atoms with E-state index in [0.717, 1.165) is 19.4 Å². The molecule has 0 aliphatic carbocycles. The maximum Gasteiger partial charge on any atom is 0.248 e. The van der Waals surface area contributed by atoms with Crippen LogP contribution in [0.5, 0.6) is 0 Å². The van der Waals surface area contributed by atoms with Gasteiger partial charge >= 0.3 is 0 Å². The fourth-order valence-corrected chi connectivity index (χ4v) is 1.84. The predicted octanol–water partition coefficient (Wildman–Crippen LogP) is 2.03. The van der Waals surface area contributed by atoms with Crippen LogP contribution in [0.1, 0.15) is 33.6 Å². The smallest absolute Gasteiger partial charge is 0.248 e. The number of halogens is 1. The van der Waals surface area contributed by atoms with E-state index in [0.29, 0.717) is 6.54 Å². The van der Waals surface area contributed by atoms with E-state index in [-0.39, 0.29) is 23.5 Å². The summed E-state index contributed by atoms with van der Waals surface area (Å²) in [6.45, 7) is 7.47. The van der Waals surface area contributed by atoms with Crippen LogP contribution in [0.25, 0.3) is 0 Å². The summed E-state index contributed by atoms with van der Waals surface area (Å²) >= 11 is 6.01. The van der Waals surface area contributed by atoms with Gasteiger partial charge in [-0.1, -0.05) is 0 Å². The Hall–Kier alpha value is -0.280. The topological polar surface area (TPSA) is 29.5 Å². The second-order valence-electron chi connectivity index (χ2n) is 4.98. The van der Waals surface area contributed by atoms with Crippen molar-refractivity contribution in [1.29, 1.82) is 0 Å². The second-order valence-corrected chi connectivity index (χ2v) is 5.60. The van der Waals surface area contributed by atoms with Crippen LogP contribution in [0, 0.1) is 0 Å². The predicted molar refractivity (Wildman–Crippen MR) is 61.2 cm³/mol. The zero-order chi connectivity index (χ0) is 11.5. The highest BCUT2D eigenvalue weighted by Crippen LogP contribution is 2.15. The standard InChI is InChI=1S/C11H20ClNO2/c1-11(2,3)15-8-10(14)13-6-4-5-9(12)7-13/h9H,4-8H2,1-3H3. The normalized spacial score (nSPS) is 22.9. The number of carbonyl (C=O) groups excluding carboxylic acids is 1. The number of hydrogen-bond donors (Lipinski definition) is 0. The lowest BCUT2D eigenvalue weighted by Crippen LogP contribution is -2.43. The molecule has 0 saturated carbocycles. The van der Waals surface area contributed by atoms with Crippen molar-refractivity contribution in [3.05, 3.63) is 0 Å². The van der Waals surface area contributed by atoms with Crippen LogP contribution >= 0.6 is 11.6 Å². The molecule has 15 heavy (non-hydrogen) atoms. The molecule has 88 valence electrons. The highest BCUT2D eigenvalue weighted by Gasteiger charge is 2.23. The molecule has 0 spiro atoms. The Kier molecular flexibility index (Phi) is 4.41. The molecule has 0 N–H and O–H groups in total. The van der Waals surface area contributed by atoms with Crippen molar-refractivity contribution in [3.8, 4) is 0 Å². The summed E-state index contributed by atoms with van der Waals surface area (Å²) in [4.78, 5) is 13.5. The van der Waals surface area contributed by atoms with Crippen LogP contribution in [0.4, 0.5) is 0 Å². The van der Waals surface area contributed by atoms with E-state index < -0.39 is 0 Å². The average molecular weight is 234 g/mol. The fraction of sp³-hybridized carbons (Fsp3) is 0.909. The SMILES string of the molecule is CC(C)(C)OCC(=O)N1CCCC(Cl)C1. The van der Waals surface area contributed by atoms with E-state index in [4.69, 9.17) is 16.3 Å². The largest absolute Gasteiger partial charge is 0.366 e. The lowest BCUT2D eigenvalue weighted by molar-refractivity contribution is -0.141. The Balaban J connectivity index is 2.33. The van der Waals surface area contributed by atoms with Crippen LogP contribution < -0.4 is 0 Å². The maximum atomic E-state index is 11.7. The summed E-state index contributed by atoms with van der Waals surface area (Å²) < 4.78 is 5.45. The Bertz CT molecular complexity index is 225. The summed E-state index contributed by atoms with van der Waals surface area (Å²) in [5.74, 6) is 0.0512. The molecular weight excluding hydrogens is 214 g/mol. The van der Waals surface area contributed by atoms with E-state index in [1.807, 2.05) is 20.8 Å². The van der Waals surface area contributed by atoms with Crippen molar-refractivity contribution in [1.82, 2.24) is 4.90 Å². The summed E-state index contributed by atoms with van der Waals surface area (Å²) in [7, 11) is 0. The molecule has 1 fully saturated rings. The second kappa shape index (κ2) is 5.17. The molecule has 1 atom stereocenters. The van der Waals surface area contributed by atoms with Gasteiger partial charge in [0, 0.05) is 13.1 Å². The van der Waals surface area contributed by atoms with Crippen LogP contribution in [-0.2, 0) is 9.53 Å². The molecule has 0 aromatic rings. The minimum atomic E-state index is -0.258. The van der Waals surface area contributed by atoms with Gasteiger partial charge in [0.15, 0.2) is 0 Å². The van der Waals surface area contributed by atoms with E-state index in [1.54, 1.807) is 4.90 Å². The third kappa shape index (κ3) is 4.85. The first-order valence-electron chi connectivity index (χ1n) is 5.44. The van der Waals surface area contributed by atoms with E-state index in [2.05, 4.69) is 0 Å². The molecule has 3 nitrogen and oxygen atoms in total. The van der Waals surface area contributed by atoms with Gasteiger partial charge < -0.3 is 9.64 Å². The molecule has 1 aliphatic rings. The molecule has 0 aromatic carbocycles. The number of nitrogens with zero attached hydrogens (tertiary/aromatic N) is 1. The first-order valence-corrected chi connectivity index (χ1v) is 5.88. The van der Waals surface area contributed by atoms with Crippen molar-refractivity contribution >= 4 is 17.5 Å². The van der Waals surface area contributed by atoms with Crippen molar-refractivity contribution in [3.63, 3.8) is 0 Å². The monoisotopic (exact) mass is 233 g/mol. The summed E-state index contributed by atoms with van der Waals surface area (Å²) in [5.41, 5.74) is -0.258. The van der Waals surface area contributed by atoms with Crippen molar-refractivity contribution in [2.45, 2.75) is 44.6 Å². The number of ether oxygens (including phenoxy) is 1. The van der Waals surface area contributed by atoms with Gasteiger partial charge in [0.1, 0.15) is 6.61 Å². The number of rotatable bonds is 2. The van der Waals surface area contributed by atoms with Gasteiger partial charge in [-0.15, -0.1) is 11.6 Å². The van der Waals surface area contributed by atoms with Crippen molar-refractivity contribution < 1.29 is 9.53 Å². The highest BCUT2D eigenvalue weighted by molar-refractivity contribution is 6.20. The van der Waals surface area contributed by atoms with Gasteiger partial charge in [-0.2, -0.15) is 0 Å². The fourth-order valence-electron chi connectivity index (χ4n) is 1.52. The van der Waals surface area contributed by atoms with E-state index in [9.17, 15) is 4.79 Å². The third-order valence-electron chi connectivity index (χ3n) is 2.35. The maximum absolute atomic E-state index is 11.7. The number of hydrogen-bond acceptors (Lipinski definition) is 2. The minimum absolute atomic E-state index is 0.0512. The minimum Gasteiger partial charge on any atom is -0.366 e. The number of carbonyl (C=O) groups is 1. The average Bonchev–Trinajstić information content (AvgIpc) is 2.13. The zero-order valence-electron chi connectivity index (χ0n) is 9.75. The van der Waals surface area contributed by atoms with E-state index >= 15 is 0 Å². The summed E-state index contributed by atoms with van der Waals surface area (Å²) in [6.07, 6.45) is 2.00. The molecular formula is C11H20ClNO2. The highest BCUT2D eigenvalue weighted by atomic mass is 35.5. The van der Waals surface area contributed by atoms with Gasteiger partial charge in [0.2, 0.25) is 5.91 Å². The molecule has 1 unspecified atom stereocenters. The molecule has 1 amide bonds. The molecule has 1 heterocycles. The molecule has 1 rings (SSSR count). The van der Waals surface area contributed by atoms with Crippen LogP contribution in [-0.4, -0.2) is 41.5 Å². The molecule has 0 radical (unpaired) electrons. The molecule has 1 aliphatic heterocycles. The third-order valence-corrected chi connectivity index (χ3v) is 2.70. The lowest BCUT2D eigenvalue weighted by Gasteiger charge is -2.30. The Labute approximate surface area is 96.7 Å². The molecule has 0 aromatic heterocycles. The molecule has 1 saturated heterocycles. The first-order chi connectivity index (χ1) is 6.88. The summed E-state index contributed by atoms with van der Waals surface area (Å²) in [6, 6.07) is 0. The Morgan fingerprint density at radius 2 is 2.20 bits per heavy atom. The lowest BCUT2D eigenvalue weighted by atomic mass is 10.1. The number of piperidine rings is 1. The van der Waals surface area contributed by atoms with E-state index in [1.165, 1.54) is 0 Å². The number of likely N-dealkylation sites (tertiary alicyclic amines) is 1. The van der Waals surface area contributed by atoms with Crippen LogP contribution in [0.2, 0.25) is 0 Å². The summed E-state index contributed by atoms with van der Waals surface area (Å²) in [5, 5.41) is 0.109. The van der Waals surface area contributed by atoms with Crippen LogP contribution in [0.3, 0.4) is 0 Å². The van der Waals surface area contributed by atoms with Gasteiger partial charge in [-0.3, -0.25) is 4.79 Å². The van der Waals surface area contributed by atoms with Crippen molar-refractivity contribution in [2.75, 3.05) is 19.7 Å². The quantitative estimate of drug-likeness (QED) is 0.683. The molecule has 4 heteroatoms.